The van der Waals surface area contributed by atoms with E-state index in [0.29, 0.717) is 12.8 Å². The molecule has 1 heterocycles. The van der Waals surface area contributed by atoms with Gasteiger partial charge in [-0.25, -0.2) is 9.59 Å². The number of carboxylic acids is 2. The topological polar surface area (TPSA) is 164 Å². The van der Waals surface area contributed by atoms with Gasteiger partial charge in [-0.15, -0.1) is 0 Å². The van der Waals surface area contributed by atoms with E-state index >= 15 is 0 Å². The smallest absolute Gasteiger partial charge is 0.372 e. The van der Waals surface area contributed by atoms with Crippen LogP contribution in [0.4, 0.5) is 0 Å². The van der Waals surface area contributed by atoms with E-state index in [9.17, 15) is 24.0 Å². The zero-order chi connectivity index (χ0) is 15.0. The number of rotatable bonds is 5. The van der Waals surface area contributed by atoms with Gasteiger partial charge in [-0.2, -0.15) is 0 Å². The molecule has 19 heavy (non-hydrogen) atoms. The molecule has 1 rings (SSSR count). The van der Waals surface area contributed by atoms with E-state index in [1.165, 1.54) is 0 Å². The molecule has 9 nitrogen and oxygen atoms in total. The van der Waals surface area contributed by atoms with Gasteiger partial charge in [-0.05, 0) is 6.42 Å². The molecule has 0 aromatic rings. The highest BCUT2D eigenvalue weighted by molar-refractivity contribution is 6.32. The van der Waals surface area contributed by atoms with Crippen LogP contribution >= 0.6 is 0 Å². The molecule has 0 aromatic carbocycles. The van der Waals surface area contributed by atoms with Gasteiger partial charge < -0.3 is 21.3 Å². The number of Topliss-reactive ketones (excluding diaryl/α,β-unsaturated/α-hetero) is 1. The summed E-state index contributed by atoms with van der Waals surface area (Å²) >= 11 is 0. The van der Waals surface area contributed by atoms with Crippen molar-refractivity contribution in [2.24, 2.45) is 5.73 Å². The van der Waals surface area contributed by atoms with Gasteiger partial charge in [0.05, 0.1) is 0 Å². The van der Waals surface area contributed by atoms with Crippen molar-refractivity contribution < 1.29 is 34.2 Å². The zero-order valence-corrected chi connectivity index (χ0v) is 9.92. The number of carbonyl (C=O) groups is 5. The number of nitrogens with two attached hydrogens (primary N) is 1. The van der Waals surface area contributed by atoms with Gasteiger partial charge in [0.1, 0.15) is 6.04 Å². The van der Waals surface area contributed by atoms with Crippen molar-refractivity contribution in [3.63, 3.8) is 0 Å². The van der Waals surface area contributed by atoms with Gasteiger partial charge in [-0.3, -0.25) is 14.4 Å². The first-order valence-electron chi connectivity index (χ1n) is 5.30. The Hall–Kier alpha value is -2.45. The highest BCUT2D eigenvalue weighted by atomic mass is 16.4. The second-order valence-electron chi connectivity index (χ2n) is 3.69. The lowest BCUT2D eigenvalue weighted by Crippen LogP contribution is -2.32. The zero-order valence-electron chi connectivity index (χ0n) is 9.92. The Bertz CT molecular complexity index is 405. The largest absolute Gasteiger partial charge is 0.480 e. The number of aliphatic carboxylic acids is 2. The van der Waals surface area contributed by atoms with Crippen LogP contribution in [0.25, 0.3) is 0 Å². The number of hydrogen-bond acceptors (Lipinski definition) is 5. The van der Waals surface area contributed by atoms with Crippen molar-refractivity contribution in [3.05, 3.63) is 0 Å². The van der Waals surface area contributed by atoms with Gasteiger partial charge >= 0.3 is 11.9 Å². The van der Waals surface area contributed by atoms with Crippen LogP contribution in [0.5, 0.6) is 0 Å². The first-order chi connectivity index (χ1) is 8.73. The molecular weight excluding hydrogens is 260 g/mol. The number of hydrogen-bond donors (Lipinski definition) is 4. The van der Waals surface area contributed by atoms with Gasteiger partial charge in [0.15, 0.2) is 0 Å². The van der Waals surface area contributed by atoms with Crippen LogP contribution in [0, 0.1) is 0 Å². The van der Waals surface area contributed by atoms with Crippen LogP contribution < -0.4 is 11.1 Å². The van der Waals surface area contributed by atoms with Crippen molar-refractivity contribution in [3.8, 4) is 0 Å². The molecule has 0 spiro atoms. The molecule has 106 valence electrons. The van der Waals surface area contributed by atoms with E-state index in [0.717, 1.165) is 0 Å². The summed E-state index contributed by atoms with van der Waals surface area (Å²) in [6.07, 6.45) is 0.251. The van der Waals surface area contributed by atoms with Crippen LogP contribution in [0.1, 0.15) is 25.7 Å². The van der Waals surface area contributed by atoms with Crippen molar-refractivity contribution in [1.82, 2.24) is 5.32 Å². The molecule has 5 N–H and O–H groups in total. The first-order valence-corrected chi connectivity index (χ1v) is 5.30. The van der Waals surface area contributed by atoms with Gasteiger partial charge in [0, 0.05) is 19.3 Å². The van der Waals surface area contributed by atoms with Crippen LogP contribution in [0.3, 0.4) is 0 Å². The van der Waals surface area contributed by atoms with Gasteiger partial charge in [0.25, 0.3) is 0 Å². The minimum absolute atomic E-state index is 0.164. The lowest BCUT2D eigenvalue weighted by Gasteiger charge is -1.99. The summed E-state index contributed by atoms with van der Waals surface area (Å²) in [5.41, 5.74) is 4.66. The third-order valence-electron chi connectivity index (χ3n) is 2.13. The third kappa shape index (κ3) is 7.47. The number of carboxylic acid groups (broad SMARTS) is 2. The molecule has 1 aliphatic rings. The number of amides is 2. The Morgan fingerprint density at radius 1 is 1.21 bits per heavy atom. The quantitative estimate of drug-likeness (QED) is 0.432. The summed E-state index contributed by atoms with van der Waals surface area (Å²) in [4.78, 5) is 50.6. The average molecular weight is 274 g/mol. The highest BCUT2D eigenvalue weighted by Gasteiger charge is 2.26. The molecule has 0 saturated carbocycles. The normalized spacial score (nSPS) is 16.8. The van der Waals surface area contributed by atoms with Gasteiger partial charge in [0.2, 0.25) is 17.6 Å². The molecule has 1 atom stereocenters. The molecule has 0 radical (unpaired) electrons. The van der Waals surface area contributed by atoms with Crippen LogP contribution in [-0.2, 0) is 24.0 Å². The first kappa shape index (κ1) is 16.6. The van der Waals surface area contributed by atoms with Crippen LogP contribution in [-0.4, -0.2) is 45.8 Å². The lowest BCUT2D eigenvalue weighted by atomic mass is 10.2. The average Bonchev–Trinajstić information content (AvgIpc) is 2.73. The predicted molar refractivity (Wildman–Crippen MR) is 59.9 cm³/mol. The maximum atomic E-state index is 10.4. The second kappa shape index (κ2) is 7.80. The summed E-state index contributed by atoms with van der Waals surface area (Å²) in [5, 5.41) is 18.6. The fourth-order valence-electron chi connectivity index (χ4n) is 1.14. The molecule has 0 unspecified atom stereocenters. The Labute approximate surface area is 107 Å². The fourth-order valence-corrected chi connectivity index (χ4v) is 1.14. The minimum atomic E-state index is -1.53. The molecule has 0 bridgehead atoms. The predicted octanol–water partition coefficient (Wildman–Crippen LogP) is -1.74. The third-order valence-corrected chi connectivity index (χ3v) is 2.13. The molecule has 0 aliphatic carbocycles. The molecule has 9 heteroatoms. The lowest BCUT2D eigenvalue weighted by molar-refractivity contribution is -0.149. The Morgan fingerprint density at radius 3 is 2.05 bits per heavy atom. The van der Waals surface area contributed by atoms with Crippen molar-refractivity contribution in [2.75, 3.05) is 0 Å². The van der Waals surface area contributed by atoms with Crippen molar-refractivity contribution in [2.45, 2.75) is 31.7 Å². The maximum absolute atomic E-state index is 10.4. The van der Waals surface area contributed by atoms with Crippen molar-refractivity contribution >= 4 is 29.5 Å². The minimum Gasteiger partial charge on any atom is -0.480 e. The summed E-state index contributed by atoms with van der Waals surface area (Å²) in [5.74, 6) is -4.29. The highest BCUT2D eigenvalue weighted by Crippen LogP contribution is 2.05. The number of carbonyl (C=O) groups excluding carboxylic acids is 3. The van der Waals surface area contributed by atoms with Gasteiger partial charge in [-0.1, -0.05) is 0 Å². The molecular formula is C10H14N2O7. The summed E-state index contributed by atoms with van der Waals surface area (Å²) < 4.78 is 0. The van der Waals surface area contributed by atoms with E-state index in [4.69, 9.17) is 10.2 Å². The molecule has 2 amide bonds. The number of primary amides is 1. The molecule has 1 aliphatic heterocycles. The standard InChI is InChI=1S/C5H7NO4.C5H7NO3/c6-4(8)2-1-3(7)5(9)10;7-4-2-1-3(6-4)5(8)9/h1-2H2,(H2,6,8)(H,9,10);3H,1-2H2,(H,6,7)(H,8,9)/t;3-/m.0/s1. The second-order valence-corrected chi connectivity index (χ2v) is 3.69. The molecule has 1 fully saturated rings. The summed E-state index contributed by atoms with van der Waals surface area (Å²) in [7, 11) is 0. The SMILES string of the molecule is NC(=O)CCC(=O)C(=O)O.O=C1CC[C@@H](C(=O)O)N1. The molecule has 1 saturated heterocycles. The van der Waals surface area contributed by atoms with E-state index < -0.39 is 29.7 Å². The van der Waals surface area contributed by atoms with E-state index in [1.54, 1.807) is 0 Å². The molecule has 0 aromatic heterocycles. The Kier molecular flexibility index (Phi) is 6.79. The number of ketones is 1. The summed E-state index contributed by atoms with van der Waals surface area (Å²) in [6, 6.07) is -0.641. The van der Waals surface area contributed by atoms with Crippen LogP contribution in [0.2, 0.25) is 0 Å². The van der Waals surface area contributed by atoms with Crippen molar-refractivity contribution in [1.29, 1.82) is 0 Å². The monoisotopic (exact) mass is 274 g/mol. The van der Waals surface area contributed by atoms with E-state index in [-0.39, 0.29) is 18.7 Å². The van der Waals surface area contributed by atoms with E-state index in [1.807, 2.05) is 0 Å². The fraction of sp³-hybridized carbons (Fsp3) is 0.500. The summed E-state index contributed by atoms with van der Waals surface area (Å²) in [6.45, 7) is 0. The number of nitrogens with one attached hydrogen (secondary N) is 1. The van der Waals surface area contributed by atoms with E-state index in [2.05, 4.69) is 11.1 Å². The maximum Gasteiger partial charge on any atom is 0.372 e. The Balaban J connectivity index is 0.000000342. The van der Waals surface area contributed by atoms with Crippen LogP contribution in [0.15, 0.2) is 0 Å². The Morgan fingerprint density at radius 2 is 1.79 bits per heavy atom.